The van der Waals surface area contributed by atoms with Gasteiger partial charge in [0.15, 0.2) is 0 Å². The molecule has 88 valence electrons. The monoisotopic (exact) mass is 225 g/mol. The zero-order valence-corrected chi connectivity index (χ0v) is 10.7. The number of benzene rings is 2. The van der Waals surface area contributed by atoms with Crippen LogP contribution in [0.5, 0.6) is 0 Å². The Labute approximate surface area is 104 Å². The van der Waals surface area contributed by atoms with Crippen LogP contribution >= 0.6 is 0 Å². The van der Waals surface area contributed by atoms with Crippen LogP contribution in [0.2, 0.25) is 0 Å². The lowest BCUT2D eigenvalue weighted by Crippen LogP contribution is -1.71. The number of aryl methyl sites for hydroxylation is 2. The van der Waals surface area contributed by atoms with Gasteiger partial charge in [-0.3, -0.25) is 4.99 Å². The average molecular weight is 225 g/mol. The summed E-state index contributed by atoms with van der Waals surface area (Å²) in [6.07, 6.45) is 1.81. The van der Waals surface area contributed by atoms with E-state index in [-0.39, 0.29) is 0 Å². The van der Waals surface area contributed by atoms with E-state index in [4.69, 9.17) is 0 Å². The second kappa shape index (κ2) is 7.39. The summed E-state index contributed by atoms with van der Waals surface area (Å²) < 4.78 is 0. The third kappa shape index (κ3) is 5.12. The van der Waals surface area contributed by atoms with E-state index in [0.29, 0.717) is 0 Å². The van der Waals surface area contributed by atoms with Crippen LogP contribution in [0.4, 0.5) is 5.69 Å². The molecule has 0 aliphatic rings. The first-order valence-electron chi connectivity index (χ1n) is 5.80. The highest BCUT2D eigenvalue weighted by Gasteiger charge is 1.89. The maximum atomic E-state index is 4.18. The van der Waals surface area contributed by atoms with Gasteiger partial charge in [0.25, 0.3) is 0 Å². The van der Waals surface area contributed by atoms with E-state index in [1.54, 1.807) is 0 Å². The number of aliphatic imine (C=N–C) groups is 1. The zero-order chi connectivity index (χ0) is 12.5. The Bertz CT molecular complexity index is 458. The number of para-hydroxylation sites is 1. The minimum Gasteiger partial charge on any atom is -0.261 e. The van der Waals surface area contributed by atoms with E-state index < -0.39 is 0 Å². The lowest BCUT2D eigenvalue weighted by atomic mass is 10.2. The molecule has 0 saturated heterocycles. The van der Waals surface area contributed by atoms with Gasteiger partial charge in [-0.15, -0.1) is 0 Å². The van der Waals surface area contributed by atoms with Gasteiger partial charge in [0.2, 0.25) is 0 Å². The third-order valence-corrected chi connectivity index (χ3v) is 2.32. The van der Waals surface area contributed by atoms with Crippen molar-refractivity contribution < 1.29 is 0 Å². The Morgan fingerprint density at radius 1 is 0.824 bits per heavy atom. The lowest BCUT2D eigenvalue weighted by Gasteiger charge is -1.95. The van der Waals surface area contributed by atoms with Crippen molar-refractivity contribution in [3.8, 4) is 0 Å². The molecule has 0 fully saturated rings. The van der Waals surface area contributed by atoms with Crippen molar-refractivity contribution in [2.24, 2.45) is 4.99 Å². The summed E-state index contributed by atoms with van der Waals surface area (Å²) in [5.41, 5.74) is 3.60. The van der Waals surface area contributed by atoms with Gasteiger partial charge in [-0.1, -0.05) is 54.1 Å². The fraction of sp³-hybridized carbons (Fsp3) is 0.188. The van der Waals surface area contributed by atoms with Gasteiger partial charge in [0.1, 0.15) is 0 Å². The highest BCUT2D eigenvalue weighted by molar-refractivity contribution is 5.62. The van der Waals surface area contributed by atoms with Gasteiger partial charge in [0, 0.05) is 6.21 Å². The highest BCUT2D eigenvalue weighted by atomic mass is 14.7. The van der Waals surface area contributed by atoms with Crippen molar-refractivity contribution in [3.63, 3.8) is 0 Å². The molecule has 0 radical (unpaired) electrons. The minimum absolute atomic E-state index is 1.06. The van der Waals surface area contributed by atoms with E-state index in [1.165, 1.54) is 11.1 Å². The van der Waals surface area contributed by atoms with Crippen LogP contribution in [0.3, 0.4) is 0 Å². The van der Waals surface area contributed by atoms with Crippen molar-refractivity contribution in [1.82, 2.24) is 0 Å². The molecule has 2 aromatic rings. The van der Waals surface area contributed by atoms with Crippen LogP contribution in [0, 0.1) is 13.8 Å². The molecule has 17 heavy (non-hydrogen) atoms. The SMILES string of the molecule is CC=Nc1ccccc1C.Cc1ccccc1. The van der Waals surface area contributed by atoms with E-state index in [2.05, 4.69) is 37.0 Å². The molecule has 1 heteroatoms. The molecule has 0 aromatic heterocycles. The topological polar surface area (TPSA) is 12.4 Å². The summed E-state index contributed by atoms with van der Waals surface area (Å²) in [4.78, 5) is 4.18. The van der Waals surface area contributed by atoms with Crippen molar-refractivity contribution in [2.45, 2.75) is 20.8 Å². The van der Waals surface area contributed by atoms with Gasteiger partial charge >= 0.3 is 0 Å². The second-order valence-corrected chi connectivity index (χ2v) is 3.83. The molecule has 0 saturated carbocycles. The zero-order valence-electron chi connectivity index (χ0n) is 10.7. The molecule has 1 nitrogen and oxygen atoms in total. The van der Waals surface area contributed by atoms with Gasteiger partial charge < -0.3 is 0 Å². The summed E-state index contributed by atoms with van der Waals surface area (Å²) in [5.74, 6) is 0. The fourth-order valence-corrected chi connectivity index (χ4v) is 1.38. The average Bonchev–Trinajstić information content (AvgIpc) is 2.34. The first-order valence-corrected chi connectivity index (χ1v) is 5.80. The molecular weight excluding hydrogens is 206 g/mol. The first kappa shape index (κ1) is 13.2. The summed E-state index contributed by atoms with van der Waals surface area (Å²) in [6.45, 7) is 6.06. The van der Waals surface area contributed by atoms with Gasteiger partial charge in [-0.2, -0.15) is 0 Å². The fourth-order valence-electron chi connectivity index (χ4n) is 1.38. The maximum absolute atomic E-state index is 4.18. The highest BCUT2D eigenvalue weighted by Crippen LogP contribution is 2.15. The Hall–Kier alpha value is -1.89. The van der Waals surface area contributed by atoms with Crippen LogP contribution in [-0.2, 0) is 0 Å². The molecule has 0 N–H and O–H groups in total. The first-order chi connectivity index (χ1) is 8.24. The van der Waals surface area contributed by atoms with E-state index >= 15 is 0 Å². The summed E-state index contributed by atoms with van der Waals surface area (Å²) in [6, 6.07) is 18.3. The molecule has 0 amide bonds. The number of nitrogens with zero attached hydrogens (tertiary/aromatic N) is 1. The standard InChI is InChI=1S/C9H11N.C7H8/c1-3-10-9-7-5-4-6-8(9)2;1-7-5-3-2-4-6-7/h3-7H,1-2H3;2-6H,1H3. The van der Waals surface area contributed by atoms with Gasteiger partial charge in [-0.05, 0) is 32.4 Å². The molecule has 0 unspecified atom stereocenters. The van der Waals surface area contributed by atoms with Crippen molar-refractivity contribution in [1.29, 1.82) is 0 Å². The summed E-state index contributed by atoms with van der Waals surface area (Å²) >= 11 is 0. The van der Waals surface area contributed by atoms with Gasteiger partial charge in [0.05, 0.1) is 5.69 Å². The smallest absolute Gasteiger partial charge is 0.0654 e. The molecule has 0 aliphatic heterocycles. The molecule has 0 atom stereocenters. The molecule has 0 heterocycles. The maximum Gasteiger partial charge on any atom is 0.0654 e. The third-order valence-electron chi connectivity index (χ3n) is 2.32. The van der Waals surface area contributed by atoms with Crippen LogP contribution < -0.4 is 0 Å². The van der Waals surface area contributed by atoms with Crippen LogP contribution in [0.1, 0.15) is 18.1 Å². The number of rotatable bonds is 1. The normalized spacial score (nSPS) is 9.82. The Morgan fingerprint density at radius 2 is 1.41 bits per heavy atom. The second-order valence-electron chi connectivity index (χ2n) is 3.83. The minimum atomic E-state index is 1.06. The van der Waals surface area contributed by atoms with Crippen LogP contribution in [0.15, 0.2) is 59.6 Å². The molecule has 0 bridgehead atoms. The van der Waals surface area contributed by atoms with Crippen molar-refractivity contribution >= 4 is 11.9 Å². The van der Waals surface area contributed by atoms with Gasteiger partial charge in [-0.25, -0.2) is 0 Å². The van der Waals surface area contributed by atoms with Crippen molar-refractivity contribution in [2.75, 3.05) is 0 Å². The van der Waals surface area contributed by atoms with E-state index in [9.17, 15) is 0 Å². The Kier molecular flexibility index (Phi) is 5.73. The molecular formula is C16H19N. The lowest BCUT2D eigenvalue weighted by molar-refractivity contribution is 1.40. The Balaban J connectivity index is 0.000000181. The quantitative estimate of drug-likeness (QED) is 0.623. The summed E-state index contributed by atoms with van der Waals surface area (Å²) in [7, 11) is 0. The van der Waals surface area contributed by atoms with E-state index in [1.807, 2.05) is 49.5 Å². The molecule has 0 aliphatic carbocycles. The number of hydrogen-bond donors (Lipinski definition) is 0. The largest absolute Gasteiger partial charge is 0.261 e. The van der Waals surface area contributed by atoms with Crippen LogP contribution in [0.25, 0.3) is 0 Å². The predicted molar refractivity (Wildman–Crippen MR) is 76.2 cm³/mol. The molecule has 2 rings (SSSR count). The molecule has 2 aromatic carbocycles. The Morgan fingerprint density at radius 3 is 1.88 bits per heavy atom. The predicted octanol–water partition coefficient (Wildman–Crippen LogP) is 4.71. The van der Waals surface area contributed by atoms with Crippen molar-refractivity contribution in [3.05, 3.63) is 65.7 Å². The van der Waals surface area contributed by atoms with Crippen LogP contribution in [-0.4, -0.2) is 6.21 Å². The van der Waals surface area contributed by atoms with E-state index in [0.717, 1.165) is 5.69 Å². The molecule has 0 spiro atoms. The number of hydrogen-bond acceptors (Lipinski definition) is 1. The summed E-state index contributed by atoms with van der Waals surface area (Å²) in [5, 5.41) is 0.